The monoisotopic (exact) mass is 251 g/mol. The number of halogens is 2. The Balaban J connectivity index is 2.10. The minimum Gasteiger partial charge on any atom is -0.472 e. The molecule has 1 heterocycles. The van der Waals surface area contributed by atoms with E-state index in [2.05, 4.69) is 4.98 Å². The highest BCUT2D eigenvalue weighted by Crippen LogP contribution is 2.18. The summed E-state index contributed by atoms with van der Waals surface area (Å²) in [6.07, 6.45) is 1.62. The summed E-state index contributed by atoms with van der Waals surface area (Å²) in [6, 6.07) is 10.1. The molecule has 2 rings (SSSR count). The van der Waals surface area contributed by atoms with Gasteiger partial charge >= 0.3 is 0 Å². The molecule has 0 aliphatic heterocycles. The van der Waals surface area contributed by atoms with Gasteiger partial charge in [-0.25, -0.2) is 9.37 Å². The van der Waals surface area contributed by atoms with Gasteiger partial charge in [0, 0.05) is 17.3 Å². The van der Waals surface area contributed by atoms with Gasteiger partial charge in [0.1, 0.15) is 12.4 Å². The number of rotatable bonds is 4. The van der Waals surface area contributed by atoms with Crippen LogP contribution in [0.25, 0.3) is 0 Å². The average molecular weight is 252 g/mol. The number of ether oxygens (including phenoxy) is 1. The smallest absolute Gasteiger partial charge is 0.218 e. The third-order valence-electron chi connectivity index (χ3n) is 2.32. The fourth-order valence-corrected chi connectivity index (χ4v) is 1.62. The Labute approximate surface area is 104 Å². The molecule has 0 aliphatic rings. The Hall–Kier alpha value is -1.61. The van der Waals surface area contributed by atoms with Crippen molar-refractivity contribution in [2.45, 2.75) is 12.5 Å². The fourth-order valence-electron chi connectivity index (χ4n) is 1.42. The zero-order chi connectivity index (χ0) is 12.1. The Morgan fingerprint density at radius 2 is 1.88 bits per heavy atom. The predicted molar refractivity (Wildman–Crippen MR) is 64.5 cm³/mol. The van der Waals surface area contributed by atoms with E-state index in [0.717, 1.165) is 5.56 Å². The van der Waals surface area contributed by atoms with Gasteiger partial charge in [-0.1, -0.05) is 24.3 Å². The van der Waals surface area contributed by atoms with Crippen LogP contribution in [0.5, 0.6) is 5.88 Å². The van der Waals surface area contributed by atoms with E-state index in [1.807, 2.05) is 6.07 Å². The maximum Gasteiger partial charge on any atom is 0.218 e. The van der Waals surface area contributed by atoms with E-state index in [-0.39, 0.29) is 12.4 Å². The molecule has 1 aromatic heterocycles. The molecule has 88 valence electrons. The summed E-state index contributed by atoms with van der Waals surface area (Å²) in [4.78, 5) is 4.07. The summed E-state index contributed by atoms with van der Waals surface area (Å²) in [5.41, 5.74) is 1.30. The second-order valence-electron chi connectivity index (χ2n) is 3.48. The summed E-state index contributed by atoms with van der Waals surface area (Å²) < 4.78 is 18.8. The maximum absolute atomic E-state index is 13.3. The van der Waals surface area contributed by atoms with Crippen molar-refractivity contribution in [2.75, 3.05) is 0 Å². The minimum absolute atomic E-state index is 0.146. The molecule has 0 atom stereocenters. The van der Waals surface area contributed by atoms with Crippen LogP contribution >= 0.6 is 11.6 Å². The van der Waals surface area contributed by atoms with Crippen molar-refractivity contribution in [2.24, 2.45) is 0 Å². The van der Waals surface area contributed by atoms with Crippen LogP contribution in [-0.2, 0) is 12.5 Å². The highest BCUT2D eigenvalue weighted by atomic mass is 35.5. The number of pyridine rings is 1. The number of aromatic nitrogens is 1. The Morgan fingerprint density at radius 3 is 2.65 bits per heavy atom. The number of nitrogens with zero attached hydrogens (tertiary/aromatic N) is 1. The molecule has 0 fully saturated rings. The molecule has 0 amide bonds. The van der Waals surface area contributed by atoms with Crippen molar-refractivity contribution in [1.82, 2.24) is 4.98 Å². The van der Waals surface area contributed by atoms with Crippen LogP contribution in [0, 0.1) is 5.82 Å². The largest absolute Gasteiger partial charge is 0.472 e. The van der Waals surface area contributed by atoms with Crippen molar-refractivity contribution < 1.29 is 9.13 Å². The van der Waals surface area contributed by atoms with Crippen LogP contribution < -0.4 is 4.74 Å². The average Bonchev–Trinajstić information content (AvgIpc) is 2.38. The first-order valence-corrected chi connectivity index (χ1v) is 5.71. The van der Waals surface area contributed by atoms with Gasteiger partial charge in [0.2, 0.25) is 5.88 Å². The first-order chi connectivity index (χ1) is 8.31. The first-order valence-electron chi connectivity index (χ1n) is 5.17. The van der Waals surface area contributed by atoms with E-state index in [1.165, 1.54) is 6.07 Å². The summed E-state index contributed by atoms with van der Waals surface area (Å²) in [7, 11) is 0. The normalized spacial score (nSPS) is 10.2. The third-order valence-corrected chi connectivity index (χ3v) is 2.60. The van der Waals surface area contributed by atoms with Crippen LogP contribution in [0.2, 0.25) is 0 Å². The molecule has 0 saturated heterocycles. The van der Waals surface area contributed by atoms with Crippen molar-refractivity contribution in [3.8, 4) is 5.88 Å². The molecule has 17 heavy (non-hydrogen) atoms. The standard InChI is InChI=1S/C13H11ClFNO/c14-8-10-5-3-7-16-13(10)17-9-11-4-1-2-6-12(11)15/h1-7H,8-9H2. The lowest BCUT2D eigenvalue weighted by Gasteiger charge is -2.08. The second-order valence-corrected chi connectivity index (χ2v) is 3.75. The predicted octanol–water partition coefficient (Wildman–Crippen LogP) is 3.54. The van der Waals surface area contributed by atoms with Gasteiger partial charge in [-0.3, -0.25) is 0 Å². The van der Waals surface area contributed by atoms with E-state index in [1.54, 1.807) is 30.5 Å². The lowest BCUT2D eigenvalue weighted by molar-refractivity contribution is 0.285. The van der Waals surface area contributed by atoms with Gasteiger partial charge < -0.3 is 4.74 Å². The van der Waals surface area contributed by atoms with Crippen LogP contribution in [0.3, 0.4) is 0 Å². The number of hydrogen-bond donors (Lipinski definition) is 0. The highest BCUT2D eigenvalue weighted by molar-refractivity contribution is 6.17. The minimum atomic E-state index is -0.282. The highest BCUT2D eigenvalue weighted by Gasteiger charge is 2.05. The van der Waals surface area contributed by atoms with Gasteiger partial charge in [0.15, 0.2) is 0 Å². The molecule has 2 nitrogen and oxygen atoms in total. The Bertz CT molecular complexity index is 504. The Kier molecular flexibility index (Phi) is 3.94. The molecular weight excluding hydrogens is 241 g/mol. The van der Waals surface area contributed by atoms with E-state index >= 15 is 0 Å². The van der Waals surface area contributed by atoms with Crippen LogP contribution in [0.1, 0.15) is 11.1 Å². The van der Waals surface area contributed by atoms with Crippen LogP contribution in [0.4, 0.5) is 4.39 Å². The lowest BCUT2D eigenvalue weighted by atomic mass is 10.2. The molecule has 4 heteroatoms. The zero-order valence-electron chi connectivity index (χ0n) is 9.07. The molecule has 0 radical (unpaired) electrons. The lowest BCUT2D eigenvalue weighted by Crippen LogP contribution is -2.01. The zero-order valence-corrected chi connectivity index (χ0v) is 9.82. The van der Waals surface area contributed by atoms with Gasteiger partial charge in [0.25, 0.3) is 0 Å². The number of benzene rings is 1. The Morgan fingerprint density at radius 1 is 1.12 bits per heavy atom. The van der Waals surface area contributed by atoms with Crippen molar-refractivity contribution in [3.05, 3.63) is 59.5 Å². The fraction of sp³-hybridized carbons (Fsp3) is 0.154. The van der Waals surface area contributed by atoms with Crippen molar-refractivity contribution in [3.63, 3.8) is 0 Å². The molecular formula is C13H11ClFNO. The van der Waals surface area contributed by atoms with Crippen LogP contribution in [-0.4, -0.2) is 4.98 Å². The molecule has 0 aliphatic carbocycles. The van der Waals surface area contributed by atoms with E-state index < -0.39 is 0 Å². The quantitative estimate of drug-likeness (QED) is 0.776. The third kappa shape index (κ3) is 2.94. The van der Waals surface area contributed by atoms with Gasteiger partial charge in [0.05, 0.1) is 5.88 Å². The van der Waals surface area contributed by atoms with Gasteiger partial charge in [-0.05, 0) is 12.1 Å². The van der Waals surface area contributed by atoms with E-state index in [0.29, 0.717) is 17.3 Å². The first kappa shape index (κ1) is 11.9. The van der Waals surface area contributed by atoms with Crippen molar-refractivity contribution in [1.29, 1.82) is 0 Å². The molecule has 0 N–H and O–H groups in total. The molecule has 0 spiro atoms. The van der Waals surface area contributed by atoms with Gasteiger partial charge in [-0.2, -0.15) is 0 Å². The summed E-state index contributed by atoms with van der Waals surface area (Å²) in [5, 5.41) is 0. The molecule has 0 bridgehead atoms. The number of alkyl halides is 1. The topological polar surface area (TPSA) is 22.1 Å². The van der Waals surface area contributed by atoms with E-state index in [9.17, 15) is 4.39 Å². The van der Waals surface area contributed by atoms with Crippen molar-refractivity contribution >= 4 is 11.6 Å². The molecule has 0 unspecified atom stereocenters. The summed E-state index contributed by atoms with van der Waals surface area (Å²) in [5.74, 6) is 0.488. The summed E-state index contributed by atoms with van der Waals surface area (Å²) >= 11 is 5.75. The molecule has 0 saturated carbocycles. The number of hydrogen-bond acceptors (Lipinski definition) is 2. The van der Waals surface area contributed by atoms with E-state index in [4.69, 9.17) is 16.3 Å². The molecule has 2 aromatic rings. The summed E-state index contributed by atoms with van der Waals surface area (Å²) in [6.45, 7) is 0.146. The maximum atomic E-state index is 13.3. The molecule has 1 aromatic carbocycles. The SMILES string of the molecule is Fc1ccccc1COc1ncccc1CCl. The second kappa shape index (κ2) is 5.64. The van der Waals surface area contributed by atoms with Crippen LogP contribution in [0.15, 0.2) is 42.6 Å². The van der Waals surface area contributed by atoms with Gasteiger partial charge in [-0.15, -0.1) is 11.6 Å².